The summed E-state index contributed by atoms with van der Waals surface area (Å²) < 4.78 is 11.1. The van der Waals surface area contributed by atoms with Gasteiger partial charge in [0, 0.05) is 6.16 Å². The minimum Gasteiger partial charge on any atom is -0.324 e. The van der Waals surface area contributed by atoms with Crippen LogP contribution < -0.4 is 0 Å². The van der Waals surface area contributed by atoms with Gasteiger partial charge >= 0.3 is 0 Å². The molecule has 2 heteroatoms. The largest absolute Gasteiger partial charge is 0.324 e. The van der Waals surface area contributed by atoms with Gasteiger partial charge < -0.3 is 4.57 Å². The molecule has 60 valence electrons. The van der Waals surface area contributed by atoms with Crippen LogP contribution >= 0.6 is 7.14 Å². The van der Waals surface area contributed by atoms with E-state index in [-0.39, 0.29) is 0 Å². The first-order chi connectivity index (χ1) is 4.42. The second-order valence-corrected chi connectivity index (χ2v) is 6.94. The van der Waals surface area contributed by atoms with Gasteiger partial charge in [-0.3, -0.25) is 0 Å². The molecule has 0 aromatic heterocycles. The molecule has 0 bridgehead atoms. The molecule has 10 heavy (non-hydrogen) atoms. The molecule has 0 N–H and O–H groups in total. The first-order valence-corrected chi connectivity index (χ1v) is 6.41. The Morgan fingerprint density at radius 2 is 1.90 bits per heavy atom. The van der Waals surface area contributed by atoms with Gasteiger partial charge in [-0.2, -0.15) is 0 Å². The first kappa shape index (κ1) is 9.97. The summed E-state index contributed by atoms with van der Waals surface area (Å²) in [4.78, 5) is 0. The van der Waals surface area contributed by atoms with Crippen LogP contribution in [0.1, 0.15) is 13.8 Å². The molecule has 0 atom stereocenters. The molecule has 0 heterocycles. The summed E-state index contributed by atoms with van der Waals surface area (Å²) in [5.41, 5.74) is 0. The van der Waals surface area contributed by atoms with Gasteiger partial charge in [0.15, 0.2) is 0 Å². The molecular formula is C8H17OP. The van der Waals surface area contributed by atoms with Crippen molar-refractivity contribution >= 4 is 7.14 Å². The van der Waals surface area contributed by atoms with E-state index >= 15 is 0 Å². The van der Waals surface area contributed by atoms with Crippen molar-refractivity contribution in [2.24, 2.45) is 5.92 Å². The zero-order valence-electron chi connectivity index (χ0n) is 7.29. The van der Waals surface area contributed by atoms with E-state index in [9.17, 15) is 4.57 Å². The number of allylic oxidation sites excluding steroid dienone is 2. The second kappa shape index (κ2) is 3.98. The normalized spacial score (nSPS) is 13.3. The van der Waals surface area contributed by atoms with Gasteiger partial charge in [0.05, 0.1) is 7.14 Å². The molecule has 0 aliphatic rings. The third-order valence-corrected chi connectivity index (χ3v) is 2.16. The molecule has 0 amide bonds. The molecular weight excluding hydrogens is 143 g/mol. The maximum atomic E-state index is 11.1. The summed E-state index contributed by atoms with van der Waals surface area (Å²) in [7, 11) is -1.81. The molecule has 0 spiro atoms. The van der Waals surface area contributed by atoms with Crippen LogP contribution in [0.5, 0.6) is 0 Å². The minimum absolute atomic E-state index is 0.576. The van der Waals surface area contributed by atoms with Crippen molar-refractivity contribution in [2.45, 2.75) is 13.8 Å². The van der Waals surface area contributed by atoms with Gasteiger partial charge in [0.2, 0.25) is 0 Å². The highest BCUT2D eigenvalue weighted by Gasteiger charge is 2.01. The highest BCUT2D eigenvalue weighted by molar-refractivity contribution is 7.62. The molecule has 0 rings (SSSR count). The highest BCUT2D eigenvalue weighted by Crippen LogP contribution is 2.35. The Bertz CT molecular complexity index is 153. The lowest BCUT2D eigenvalue weighted by atomic mass is 10.2. The van der Waals surface area contributed by atoms with E-state index in [2.05, 4.69) is 19.9 Å². The Morgan fingerprint density at radius 3 is 2.20 bits per heavy atom. The van der Waals surface area contributed by atoms with Crippen molar-refractivity contribution < 1.29 is 4.57 Å². The molecule has 1 nitrogen and oxygen atoms in total. The highest BCUT2D eigenvalue weighted by atomic mass is 31.2. The van der Waals surface area contributed by atoms with Crippen molar-refractivity contribution in [3.63, 3.8) is 0 Å². The smallest absolute Gasteiger partial charge is 0.0854 e. The molecule has 0 saturated heterocycles. The van der Waals surface area contributed by atoms with Crippen LogP contribution in [0.15, 0.2) is 12.2 Å². The summed E-state index contributed by atoms with van der Waals surface area (Å²) in [5, 5.41) is 0. The molecule has 0 aliphatic carbocycles. The third-order valence-electron chi connectivity index (χ3n) is 1.07. The Kier molecular flexibility index (Phi) is 3.96. The van der Waals surface area contributed by atoms with Crippen molar-refractivity contribution in [1.82, 2.24) is 0 Å². The van der Waals surface area contributed by atoms with E-state index in [0.717, 1.165) is 6.16 Å². The zero-order valence-corrected chi connectivity index (χ0v) is 8.19. The molecule has 0 radical (unpaired) electrons. The molecule has 0 unspecified atom stereocenters. The van der Waals surface area contributed by atoms with Crippen LogP contribution in [0, 0.1) is 5.92 Å². The van der Waals surface area contributed by atoms with Crippen LogP contribution in [0.3, 0.4) is 0 Å². The van der Waals surface area contributed by atoms with Crippen molar-refractivity contribution in [3.05, 3.63) is 12.2 Å². The van der Waals surface area contributed by atoms with Gasteiger partial charge in [0.1, 0.15) is 0 Å². The van der Waals surface area contributed by atoms with Crippen LogP contribution in [-0.4, -0.2) is 19.5 Å². The lowest BCUT2D eigenvalue weighted by Gasteiger charge is -2.00. The fourth-order valence-electron chi connectivity index (χ4n) is 0.587. The first-order valence-electron chi connectivity index (χ1n) is 3.62. The van der Waals surface area contributed by atoms with Crippen LogP contribution in [0.4, 0.5) is 0 Å². The Hall–Kier alpha value is -0.0300. The molecule has 0 aromatic rings. The topological polar surface area (TPSA) is 17.1 Å². The van der Waals surface area contributed by atoms with Crippen LogP contribution in [0.2, 0.25) is 0 Å². The average Bonchev–Trinajstić information content (AvgIpc) is 1.59. The quantitative estimate of drug-likeness (QED) is 0.458. The summed E-state index contributed by atoms with van der Waals surface area (Å²) in [5.74, 6) is 0.576. The van der Waals surface area contributed by atoms with Crippen molar-refractivity contribution in [1.29, 1.82) is 0 Å². The number of hydrogen-bond donors (Lipinski definition) is 0. The summed E-state index contributed by atoms with van der Waals surface area (Å²) in [6, 6.07) is 0. The van der Waals surface area contributed by atoms with Gasteiger partial charge in [0.25, 0.3) is 0 Å². The number of rotatable bonds is 3. The predicted octanol–water partition coefficient (Wildman–Crippen LogP) is 2.82. The standard InChI is InChI=1S/C8H17OP/c1-8(2)6-5-7-10(3,4)9/h5-6,8H,7H2,1-4H3/b6-5+. The molecule has 0 aromatic carbocycles. The lowest BCUT2D eigenvalue weighted by molar-refractivity contribution is 0.584. The Morgan fingerprint density at radius 1 is 1.40 bits per heavy atom. The summed E-state index contributed by atoms with van der Waals surface area (Å²) in [6.07, 6.45) is 4.86. The van der Waals surface area contributed by atoms with E-state index in [0.29, 0.717) is 5.92 Å². The fraction of sp³-hybridized carbons (Fsp3) is 0.750. The summed E-state index contributed by atoms with van der Waals surface area (Å²) in [6.45, 7) is 7.87. The van der Waals surface area contributed by atoms with Crippen molar-refractivity contribution in [3.8, 4) is 0 Å². The molecule has 0 aliphatic heterocycles. The fourth-order valence-corrected chi connectivity index (χ4v) is 1.22. The van der Waals surface area contributed by atoms with E-state index in [1.165, 1.54) is 0 Å². The minimum atomic E-state index is -1.81. The second-order valence-electron chi connectivity index (χ2n) is 3.43. The van der Waals surface area contributed by atoms with Gasteiger partial charge in [-0.25, -0.2) is 0 Å². The van der Waals surface area contributed by atoms with Crippen LogP contribution in [0.25, 0.3) is 0 Å². The predicted molar refractivity (Wildman–Crippen MR) is 48.3 cm³/mol. The van der Waals surface area contributed by atoms with Gasteiger partial charge in [-0.15, -0.1) is 0 Å². The summed E-state index contributed by atoms with van der Waals surface area (Å²) >= 11 is 0. The monoisotopic (exact) mass is 160 g/mol. The number of hydrogen-bond acceptors (Lipinski definition) is 1. The molecule has 0 fully saturated rings. The molecule has 0 saturated carbocycles. The Balaban J connectivity index is 3.65. The van der Waals surface area contributed by atoms with E-state index in [4.69, 9.17) is 0 Å². The van der Waals surface area contributed by atoms with E-state index in [1.54, 1.807) is 0 Å². The SMILES string of the molecule is CC(C)/C=C/CP(C)(C)=O. The van der Waals surface area contributed by atoms with Gasteiger partial charge in [-0.1, -0.05) is 26.0 Å². The maximum absolute atomic E-state index is 11.1. The third kappa shape index (κ3) is 7.97. The van der Waals surface area contributed by atoms with E-state index in [1.807, 2.05) is 19.4 Å². The van der Waals surface area contributed by atoms with E-state index < -0.39 is 7.14 Å². The average molecular weight is 160 g/mol. The van der Waals surface area contributed by atoms with Gasteiger partial charge in [-0.05, 0) is 19.2 Å². The maximum Gasteiger partial charge on any atom is 0.0854 e. The zero-order chi connectivity index (χ0) is 8.20. The lowest BCUT2D eigenvalue weighted by Crippen LogP contribution is -1.82. The Labute approximate surface area is 63.9 Å². The van der Waals surface area contributed by atoms with Crippen LogP contribution in [-0.2, 0) is 4.57 Å². The van der Waals surface area contributed by atoms with Crippen molar-refractivity contribution in [2.75, 3.05) is 19.5 Å².